The maximum atomic E-state index is 13.9. The van der Waals surface area contributed by atoms with Gasteiger partial charge in [-0.05, 0) is 48.6 Å². The lowest BCUT2D eigenvalue weighted by molar-refractivity contribution is 0.103. The summed E-state index contributed by atoms with van der Waals surface area (Å²) in [5, 5.41) is 22.5. The molecule has 0 radical (unpaired) electrons. The van der Waals surface area contributed by atoms with Crippen molar-refractivity contribution in [3.8, 4) is 17.0 Å². The number of phenolic OH excluding ortho intramolecular Hbond substituents is 1. The maximum absolute atomic E-state index is 13.9. The molecule has 0 spiro atoms. The van der Waals surface area contributed by atoms with Crippen molar-refractivity contribution in [2.75, 3.05) is 5.32 Å². The molecule has 9 heteroatoms. The zero-order chi connectivity index (χ0) is 24.4. The van der Waals surface area contributed by atoms with Crippen LogP contribution in [0.5, 0.6) is 5.75 Å². The van der Waals surface area contributed by atoms with E-state index >= 15 is 0 Å². The summed E-state index contributed by atoms with van der Waals surface area (Å²) in [7, 11) is 0. The van der Waals surface area contributed by atoms with Gasteiger partial charge in [0.1, 0.15) is 11.6 Å². The first-order valence-electron chi connectivity index (χ1n) is 11.3. The first-order valence-corrected chi connectivity index (χ1v) is 12.2. The fourth-order valence-electron chi connectivity index (χ4n) is 4.00. The van der Waals surface area contributed by atoms with Crippen molar-refractivity contribution in [2.24, 2.45) is 0 Å². The zero-order valence-electron chi connectivity index (χ0n) is 18.7. The van der Waals surface area contributed by atoms with Gasteiger partial charge in [-0.2, -0.15) is 9.78 Å². The first-order chi connectivity index (χ1) is 17.0. The van der Waals surface area contributed by atoms with Gasteiger partial charge >= 0.3 is 6.03 Å². The minimum Gasteiger partial charge on any atom is -0.507 e. The summed E-state index contributed by atoms with van der Waals surface area (Å²) in [5.41, 5.74) is 2.48. The first kappa shape index (κ1) is 22.8. The summed E-state index contributed by atoms with van der Waals surface area (Å²) in [6, 6.07) is 16.0. The molecule has 1 fully saturated rings. The number of thiophene rings is 1. The molecule has 35 heavy (non-hydrogen) atoms. The van der Waals surface area contributed by atoms with Crippen LogP contribution in [0.1, 0.15) is 46.1 Å². The third-order valence-corrected chi connectivity index (χ3v) is 6.99. The molecule has 2 aromatic carbocycles. The van der Waals surface area contributed by atoms with Gasteiger partial charge in [0.15, 0.2) is 0 Å². The molecule has 1 aliphatic carbocycles. The molecule has 0 unspecified atom stereocenters. The fraction of sp³-hybridized carbons (Fsp3) is 0.192. The second-order valence-electron chi connectivity index (χ2n) is 8.41. The number of rotatable bonds is 6. The number of benzene rings is 2. The van der Waals surface area contributed by atoms with E-state index in [2.05, 4.69) is 15.7 Å². The number of aromatic hydroxyl groups is 1. The third kappa shape index (κ3) is 4.81. The number of anilines is 1. The van der Waals surface area contributed by atoms with Crippen LogP contribution in [0.4, 0.5) is 14.9 Å². The molecule has 2 heterocycles. The summed E-state index contributed by atoms with van der Waals surface area (Å²) in [4.78, 5) is 25.8. The Morgan fingerprint density at radius 1 is 1.11 bits per heavy atom. The highest BCUT2D eigenvalue weighted by atomic mass is 32.1. The smallest absolute Gasteiger partial charge is 0.342 e. The van der Waals surface area contributed by atoms with E-state index in [4.69, 9.17) is 0 Å². The normalized spacial score (nSPS) is 13.3. The highest BCUT2D eigenvalue weighted by molar-refractivity contribution is 7.12. The van der Waals surface area contributed by atoms with Crippen LogP contribution in [-0.2, 0) is 6.54 Å². The largest absolute Gasteiger partial charge is 0.507 e. The monoisotopic (exact) mass is 490 g/mol. The van der Waals surface area contributed by atoms with Gasteiger partial charge in [-0.15, -0.1) is 11.3 Å². The summed E-state index contributed by atoms with van der Waals surface area (Å²) >= 11 is 1.33. The van der Waals surface area contributed by atoms with Crippen LogP contribution in [0, 0.1) is 5.82 Å². The summed E-state index contributed by atoms with van der Waals surface area (Å²) in [6.45, 7) is 0.0364. The van der Waals surface area contributed by atoms with Crippen LogP contribution >= 0.6 is 11.3 Å². The minimum atomic E-state index is -0.458. The predicted octanol–water partition coefficient (Wildman–Crippen LogP) is 5.73. The number of aromatic nitrogens is 2. The Morgan fingerprint density at radius 3 is 2.63 bits per heavy atom. The van der Waals surface area contributed by atoms with E-state index in [1.807, 2.05) is 11.4 Å². The Labute approximate surface area is 205 Å². The van der Waals surface area contributed by atoms with E-state index < -0.39 is 6.03 Å². The number of hydrogen-bond donors (Lipinski definition) is 3. The van der Waals surface area contributed by atoms with Gasteiger partial charge in [0.25, 0.3) is 5.91 Å². The van der Waals surface area contributed by atoms with Crippen LogP contribution in [0.15, 0.2) is 66.0 Å². The van der Waals surface area contributed by atoms with Gasteiger partial charge < -0.3 is 15.7 Å². The van der Waals surface area contributed by atoms with E-state index in [1.165, 1.54) is 28.2 Å². The number of halogens is 1. The average molecular weight is 491 g/mol. The molecule has 1 saturated carbocycles. The van der Waals surface area contributed by atoms with E-state index in [-0.39, 0.29) is 29.9 Å². The van der Waals surface area contributed by atoms with Crippen molar-refractivity contribution < 1.29 is 19.1 Å². The van der Waals surface area contributed by atoms with Crippen molar-refractivity contribution in [3.05, 3.63) is 88.0 Å². The minimum absolute atomic E-state index is 0.0364. The number of nitrogens with one attached hydrogen (secondary N) is 2. The molecule has 2 aromatic heterocycles. The molecule has 178 valence electrons. The van der Waals surface area contributed by atoms with Crippen LogP contribution in [-0.4, -0.2) is 26.8 Å². The molecule has 3 N–H and O–H groups in total. The van der Waals surface area contributed by atoms with E-state index in [9.17, 15) is 19.1 Å². The molecular weight excluding hydrogens is 467 g/mol. The lowest BCUT2D eigenvalue weighted by atomic mass is 9.82. The lowest BCUT2D eigenvalue weighted by Crippen LogP contribution is -2.31. The van der Waals surface area contributed by atoms with Crippen molar-refractivity contribution in [2.45, 2.75) is 31.7 Å². The second kappa shape index (κ2) is 9.71. The quantitative estimate of drug-likeness (QED) is 0.321. The van der Waals surface area contributed by atoms with Gasteiger partial charge in [-0.3, -0.25) is 4.79 Å². The third-order valence-electron chi connectivity index (χ3n) is 6.12. The van der Waals surface area contributed by atoms with Crippen molar-refractivity contribution >= 4 is 29.0 Å². The number of carbonyl (C=O) groups excluding carboxylic acids is 2. The topological polar surface area (TPSA) is 96.3 Å². The average Bonchev–Trinajstić information content (AvgIpc) is 3.48. The Hall–Kier alpha value is -3.98. The summed E-state index contributed by atoms with van der Waals surface area (Å²) in [5.74, 6) is -0.507. The maximum Gasteiger partial charge on any atom is 0.342 e. The zero-order valence-corrected chi connectivity index (χ0v) is 19.5. The van der Waals surface area contributed by atoms with Gasteiger partial charge in [0.2, 0.25) is 0 Å². The van der Waals surface area contributed by atoms with Gasteiger partial charge in [-0.1, -0.05) is 30.7 Å². The van der Waals surface area contributed by atoms with Gasteiger partial charge in [0, 0.05) is 35.3 Å². The Balaban J connectivity index is 1.37. The van der Waals surface area contributed by atoms with E-state index in [1.54, 1.807) is 42.5 Å². The molecule has 0 atom stereocenters. The molecule has 0 aliphatic heterocycles. The number of amides is 2. The highest BCUT2D eigenvalue weighted by Crippen LogP contribution is 2.39. The second-order valence-corrected chi connectivity index (χ2v) is 9.36. The lowest BCUT2D eigenvalue weighted by Gasteiger charge is -2.25. The van der Waals surface area contributed by atoms with E-state index in [0.29, 0.717) is 27.4 Å². The molecule has 2 amide bonds. The molecule has 7 nitrogen and oxygen atoms in total. The van der Waals surface area contributed by atoms with Crippen molar-refractivity contribution in [1.82, 2.24) is 15.1 Å². The fourth-order valence-corrected chi connectivity index (χ4v) is 4.62. The Morgan fingerprint density at radius 2 is 1.94 bits per heavy atom. The predicted molar refractivity (Wildman–Crippen MR) is 132 cm³/mol. The number of nitrogens with zero attached hydrogens (tertiary/aromatic N) is 2. The standard InChI is InChI=1S/C26H23FN4O3S/c27-20-8-2-1-5-17(20)15-28-26(34)31-22(16-6-3-7-16)14-21(30-31)19-11-10-18(13-23(19)32)29-25(33)24-9-4-12-35-24/h1-2,4-5,8-14,16,32H,3,6-7,15H2,(H,28,34)(H,29,33). The van der Waals surface area contributed by atoms with E-state index in [0.717, 1.165) is 25.0 Å². The number of phenols is 1. The van der Waals surface area contributed by atoms with Gasteiger partial charge in [-0.25, -0.2) is 9.18 Å². The SMILES string of the molecule is O=C(Nc1ccc(-c2cc(C3CCC3)n(C(=O)NCc3ccccc3F)n2)c(O)c1)c1cccs1. The molecule has 0 bridgehead atoms. The molecule has 1 aliphatic rings. The van der Waals surface area contributed by atoms with Crippen LogP contribution < -0.4 is 10.6 Å². The Bertz CT molecular complexity index is 1380. The Kier molecular flexibility index (Phi) is 6.33. The van der Waals surface area contributed by atoms with Gasteiger partial charge in [0.05, 0.1) is 16.3 Å². The van der Waals surface area contributed by atoms with Crippen LogP contribution in [0.3, 0.4) is 0 Å². The van der Waals surface area contributed by atoms with Crippen molar-refractivity contribution in [1.29, 1.82) is 0 Å². The molecule has 5 rings (SSSR count). The molecule has 4 aromatic rings. The summed E-state index contributed by atoms with van der Waals surface area (Å²) in [6.07, 6.45) is 2.97. The van der Waals surface area contributed by atoms with Crippen LogP contribution in [0.2, 0.25) is 0 Å². The molecule has 0 saturated heterocycles. The highest BCUT2D eigenvalue weighted by Gasteiger charge is 2.27. The van der Waals surface area contributed by atoms with Crippen LogP contribution in [0.25, 0.3) is 11.3 Å². The number of carbonyl (C=O) groups is 2. The summed E-state index contributed by atoms with van der Waals surface area (Å²) < 4.78 is 15.3. The molecular formula is C26H23FN4O3S. The van der Waals surface area contributed by atoms with Crippen molar-refractivity contribution in [3.63, 3.8) is 0 Å². The number of hydrogen-bond acceptors (Lipinski definition) is 5.